The minimum Gasteiger partial charge on any atom is -0.490 e. The second-order valence-corrected chi connectivity index (χ2v) is 8.03. The number of benzene rings is 3. The maximum Gasteiger partial charge on any atom is 0.307 e. The lowest BCUT2D eigenvalue weighted by atomic mass is 10.1. The highest BCUT2D eigenvalue weighted by Crippen LogP contribution is 2.35. The van der Waals surface area contributed by atoms with Crippen LogP contribution in [0.25, 0.3) is 10.8 Å². The molecular formula is C25H21IN2O4. The van der Waals surface area contributed by atoms with Crippen LogP contribution in [-0.4, -0.2) is 18.7 Å². The molecule has 1 amide bonds. The molecule has 0 atom stereocenters. The first kappa shape index (κ1) is 21.9. The number of hydrogen-bond acceptors (Lipinski definition) is 5. The number of furan rings is 1. The van der Waals surface area contributed by atoms with E-state index in [1.54, 1.807) is 18.3 Å². The molecule has 0 aliphatic heterocycles. The second kappa shape index (κ2) is 10.3. The molecule has 0 saturated heterocycles. The summed E-state index contributed by atoms with van der Waals surface area (Å²) in [4.78, 5) is 11.9. The summed E-state index contributed by atoms with van der Waals surface area (Å²) < 4.78 is 18.0. The van der Waals surface area contributed by atoms with E-state index in [2.05, 4.69) is 57.4 Å². The predicted octanol–water partition coefficient (Wildman–Crippen LogP) is 5.78. The molecule has 0 unspecified atom stereocenters. The van der Waals surface area contributed by atoms with Crippen molar-refractivity contribution >= 4 is 45.5 Å². The quantitative estimate of drug-likeness (QED) is 0.175. The molecule has 1 heterocycles. The van der Waals surface area contributed by atoms with E-state index in [4.69, 9.17) is 13.9 Å². The smallest absolute Gasteiger partial charge is 0.307 e. The first-order valence-electron chi connectivity index (χ1n) is 10.1. The van der Waals surface area contributed by atoms with Gasteiger partial charge in [0.1, 0.15) is 6.61 Å². The number of nitrogens with zero attached hydrogens (tertiary/aromatic N) is 1. The van der Waals surface area contributed by atoms with Gasteiger partial charge in [-0.3, -0.25) is 4.79 Å². The van der Waals surface area contributed by atoms with Crippen molar-refractivity contribution in [2.24, 2.45) is 5.10 Å². The molecule has 162 valence electrons. The highest BCUT2D eigenvalue weighted by atomic mass is 127. The summed E-state index contributed by atoms with van der Waals surface area (Å²) in [6.07, 6.45) is 2.99. The second-order valence-electron chi connectivity index (χ2n) is 6.87. The Labute approximate surface area is 199 Å². The van der Waals surface area contributed by atoms with Crippen LogP contribution in [0, 0.1) is 3.57 Å². The van der Waals surface area contributed by atoms with Gasteiger partial charge in [-0.05, 0) is 75.7 Å². The molecule has 0 radical (unpaired) electrons. The lowest BCUT2D eigenvalue weighted by Gasteiger charge is -2.15. The largest absolute Gasteiger partial charge is 0.490 e. The monoisotopic (exact) mass is 540 g/mol. The zero-order valence-electron chi connectivity index (χ0n) is 17.4. The van der Waals surface area contributed by atoms with E-state index in [0.29, 0.717) is 24.7 Å². The Bertz CT molecular complexity index is 1250. The summed E-state index contributed by atoms with van der Waals surface area (Å²) in [5, 5.41) is 6.36. The SMILES string of the molecule is CCOc1cc(/C=N/NC(=O)c2ccco2)cc(I)c1OCc1cccc2ccccc12. The molecule has 1 aromatic heterocycles. The van der Waals surface area contributed by atoms with Gasteiger partial charge >= 0.3 is 5.91 Å². The third kappa shape index (κ3) is 5.11. The molecule has 0 aliphatic rings. The van der Waals surface area contributed by atoms with Crippen molar-refractivity contribution in [2.45, 2.75) is 13.5 Å². The molecule has 0 bridgehead atoms. The Morgan fingerprint density at radius 3 is 2.75 bits per heavy atom. The Morgan fingerprint density at radius 2 is 1.94 bits per heavy atom. The molecule has 0 saturated carbocycles. The zero-order chi connectivity index (χ0) is 22.3. The summed E-state index contributed by atoms with van der Waals surface area (Å²) in [6, 6.07) is 21.4. The Hall–Kier alpha value is -3.33. The average molecular weight is 540 g/mol. The van der Waals surface area contributed by atoms with E-state index in [0.717, 1.165) is 14.7 Å². The van der Waals surface area contributed by atoms with Gasteiger partial charge in [0, 0.05) is 0 Å². The number of nitrogens with one attached hydrogen (secondary N) is 1. The van der Waals surface area contributed by atoms with Crippen LogP contribution in [0.2, 0.25) is 0 Å². The van der Waals surface area contributed by atoms with Crippen LogP contribution in [0.15, 0.2) is 82.5 Å². The third-order valence-corrected chi connectivity index (χ3v) is 5.51. The number of halogens is 1. The van der Waals surface area contributed by atoms with Gasteiger partial charge < -0.3 is 13.9 Å². The lowest BCUT2D eigenvalue weighted by Crippen LogP contribution is -2.16. The summed E-state index contributed by atoms with van der Waals surface area (Å²) >= 11 is 2.22. The number of hydrazone groups is 1. The van der Waals surface area contributed by atoms with Crippen molar-refractivity contribution in [3.8, 4) is 11.5 Å². The number of fused-ring (bicyclic) bond motifs is 1. The van der Waals surface area contributed by atoms with Gasteiger partial charge in [-0.25, -0.2) is 5.43 Å². The molecule has 4 aromatic rings. The van der Waals surface area contributed by atoms with Gasteiger partial charge in [0.2, 0.25) is 0 Å². The van der Waals surface area contributed by atoms with Crippen molar-refractivity contribution in [3.05, 3.63) is 93.5 Å². The molecular weight excluding hydrogens is 519 g/mol. The molecule has 1 N–H and O–H groups in total. The molecule has 3 aromatic carbocycles. The minimum atomic E-state index is -0.416. The first-order chi connectivity index (χ1) is 15.7. The molecule has 0 aliphatic carbocycles. The molecule has 32 heavy (non-hydrogen) atoms. The number of carbonyl (C=O) groups excluding carboxylic acids is 1. The van der Waals surface area contributed by atoms with Gasteiger partial charge in [-0.2, -0.15) is 5.10 Å². The number of hydrogen-bond donors (Lipinski definition) is 1. The summed E-state index contributed by atoms with van der Waals surface area (Å²) in [5.41, 5.74) is 4.32. The van der Waals surface area contributed by atoms with Crippen LogP contribution in [0.4, 0.5) is 0 Å². The summed E-state index contributed by atoms with van der Waals surface area (Å²) in [5.74, 6) is 1.08. The molecule has 0 spiro atoms. The van der Waals surface area contributed by atoms with Gasteiger partial charge in [-0.15, -0.1) is 0 Å². The van der Waals surface area contributed by atoms with E-state index >= 15 is 0 Å². The summed E-state index contributed by atoms with van der Waals surface area (Å²) in [7, 11) is 0. The van der Waals surface area contributed by atoms with Crippen LogP contribution < -0.4 is 14.9 Å². The maximum absolute atomic E-state index is 11.9. The van der Waals surface area contributed by atoms with Crippen molar-refractivity contribution in [3.63, 3.8) is 0 Å². The Balaban J connectivity index is 1.52. The topological polar surface area (TPSA) is 73.1 Å². The molecule has 6 nitrogen and oxygen atoms in total. The lowest BCUT2D eigenvalue weighted by molar-refractivity contribution is 0.0927. The first-order valence-corrected chi connectivity index (χ1v) is 11.2. The fraction of sp³-hybridized carbons (Fsp3) is 0.120. The van der Waals surface area contributed by atoms with Crippen molar-refractivity contribution in [1.82, 2.24) is 5.43 Å². The van der Waals surface area contributed by atoms with E-state index in [-0.39, 0.29) is 5.76 Å². The highest BCUT2D eigenvalue weighted by molar-refractivity contribution is 14.1. The fourth-order valence-corrected chi connectivity index (χ4v) is 4.04. The van der Waals surface area contributed by atoms with Crippen LogP contribution >= 0.6 is 22.6 Å². The highest BCUT2D eigenvalue weighted by Gasteiger charge is 2.13. The van der Waals surface area contributed by atoms with Gasteiger partial charge in [-0.1, -0.05) is 42.5 Å². The summed E-state index contributed by atoms with van der Waals surface area (Å²) in [6.45, 7) is 2.84. The van der Waals surface area contributed by atoms with Gasteiger partial charge in [0.05, 0.1) is 22.7 Å². The van der Waals surface area contributed by atoms with Crippen molar-refractivity contribution in [2.75, 3.05) is 6.61 Å². The Kier molecular flexibility index (Phi) is 7.06. The van der Waals surface area contributed by atoms with E-state index in [9.17, 15) is 4.79 Å². The molecule has 4 rings (SSSR count). The average Bonchev–Trinajstić information content (AvgIpc) is 3.34. The van der Waals surface area contributed by atoms with Crippen molar-refractivity contribution in [1.29, 1.82) is 0 Å². The third-order valence-electron chi connectivity index (χ3n) is 4.71. The molecule has 0 fully saturated rings. The normalized spacial score (nSPS) is 11.1. The van der Waals surface area contributed by atoms with Gasteiger partial charge in [0.15, 0.2) is 17.3 Å². The van der Waals surface area contributed by atoms with Gasteiger partial charge in [0.25, 0.3) is 0 Å². The fourth-order valence-electron chi connectivity index (χ4n) is 3.26. The standard InChI is InChI=1S/C25H21IN2O4/c1-2-30-23-14-17(15-27-28-25(29)22-11-6-12-31-22)13-21(26)24(23)32-16-19-9-5-8-18-7-3-4-10-20(18)19/h3-15H,2,16H2,1H3,(H,28,29)/b27-15+. The minimum absolute atomic E-state index is 0.198. The van der Waals surface area contributed by atoms with E-state index < -0.39 is 5.91 Å². The van der Waals surface area contributed by atoms with Crippen LogP contribution in [-0.2, 0) is 6.61 Å². The van der Waals surface area contributed by atoms with Crippen molar-refractivity contribution < 1.29 is 18.7 Å². The zero-order valence-corrected chi connectivity index (χ0v) is 19.5. The Morgan fingerprint density at radius 1 is 1.09 bits per heavy atom. The van der Waals surface area contributed by atoms with E-state index in [1.807, 2.05) is 37.3 Å². The predicted molar refractivity (Wildman–Crippen MR) is 132 cm³/mol. The number of amides is 1. The molecule has 7 heteroatoms. The van der Waals surface area contributed by atoms with E-state index in [1.165, 1.54) is 17.0 Å². The maximum atomic E-state index is 11.9. The van der Waals surface area contributed by atoms with Crippen LogP contribution in [0.1, 0.15) is 28.6 Å². The van der Waals surface area contributed by atoms with Crippen LogP contribution in [0.5, 0.6) is 11.5 Å². The van der Waals surface area contributed by atoms with Crippen LogP contribution in [0.3, 0.4) is 0 Å². The number of ether oxygens (including phenoxy) is 2. The number of rotatable bonds is 8. The number of carbonyl (C=O) groups is 1.